The monoisotopic (exact) mass is 494 g/mol. The third-order valence-corrected chi connectivity index (χ3v) is 7.94. The van der Waals surface area contributed by atoms with E-state index in [1.807, 2.05) is 22.9 Å². The summed E-state index contributed by atoms with van der Waals surface area (Å²) >= 11 is 0. The van der Waals surface area contributed by atoms with Gasteiger partial charge in [-0.2, -0.15) is 10.4 Å². The van der Waals surface area contributed by atoms with Gasteiger partial charge in [0.05, 0.1) is 17.1 Å². The van der Waals surface area contributed by atoms with E-state index in [1.54, 1.807) is 0 Å². The van der Waals surface area contributed by atoms with E-state index >= 15 is 0 Å². The largest absolute Gasteiger partial charge is 0.492 e. The van der Waals surface area contributed by atoms with Crippen LogP contribution in [0, 0.1) is 11.3 Å². The van der Waals surface area contributed by atoms with Gasteiger partial charge in [-0.15, -0.1) is 0 Å². The van der Waals surface area contributed by atoms with Gasteiger partial charge in [0.15, 0.2) is 6.23 Å². The molecule has 6 rings (SSSR count). The van der Waals surface area contributed by atoms with Crippen LogP contribution >= 0.6 is 0 Å². The van der Waals surface area contributed by atoms with Gasteiger partial charge >= 0.3 is 0 Å². The summed E-state index contributed by atoms with van der Waals surface area (Å²) in [5.74, 6) is 0.910. The molecule has 2 saturated heterocycles. The molecule has 2 aliphatic rings. The van der Waals surface area contributed by atoms with Crippen LogP contribution in [-0.2, 0) is 4.74 Å². The van der Waals surface area contributed by atoms with E-state index in [0.29, 0.717) is 18.2 Å². The van der Waals surface area contributed by atoms with Crippen LogP contribution in [0.1, 0.15) is 57.2 Å². The van der Waals surface area contributed by atoms with Crippen molar-refractivity contribution in [1.82, 2.24) is 14.7 Å². The van der Waals surface area contributed by atoms with Crippen LogP contribution in [-0.4, -0.2) is 47.0 Å². The molecule has 0 radical (unpaired) electrons. The molecule has 4 aromatic rings. The van der Waals surface area contributed by atoms with Crippen LogP contribution in [0.4, 0.5) is 0 Å². The molecule has 0 N–H and O–H groups in total. The molecule has 2 fully saturated rings. The molecule has 2 aliphatic heterocycles. The average molecular weight is 495 g/mol. The van der Waals surface area contributed by atoms with E-state index in [1.165, 1.54) is 25.8 Å². The van der Waals surface area contributed by atoms with Crippen LogP contribution in [0.5, 0.6) is 5.75 Å². The molecule has 2 atom stereocenters. The number of likely N-dealkylation sites (tertiary alicyclic amines) is 1. The lowest BCUT2D eigenvalue weighted by atomic mass is 10.0. The van der Waals surface area contributed by atoms with Gasteiger partial charge in [-0.05, 0) is 92.7 Å². The van der Waals surface area contributed by atoms with Gasteiger partial charge < -0.3 is 9.47 Å². The second kappa shape index (κ2) is 10.5. The predicted octanol–water partition coefficient (Wildman–Crippen LogP) is 6.68. The molecule has 6 nitrogen and oxygen atoms in total. The highest BCUT2D eigenvalue weighted by Crippen LogP contribution is 2.35. The first-order valence-corrected chi connectivity index (χ1v) is 13.6. The third kappa shape index (κ3) is 4.94. The molecular weight excluding hydrogens is 460 g/mol. The standard InChI is InChI=1S/C31H34N4O2/c1-22-6-2-4-14-34(22)15-17-36-27-12-11-24-19-26(10-9-25(24)20-27)31-28-18-23(21-32)8-13-29(28)35(33-31)30-7-3-5-16-37-30/h8-13,18-20,22,30H,2-7,14-17H2,1H3/t22-,30?/m0/s1. The van der Waals surface area contributed by atoms with Crippen molar-refractivity contribution in [3.8, 4) is 23.1 Å². The molecule has 0 saturated carbocycles. The Hall–Kier alpha value is -3.40. The zero-order valence-corrected chi connectivity index (χ0v) is 21.5. The van der Waals surface area contributed by atoms with Gasteiger partial charge in [0, 0.05) is 30.1 Å². The number of benzene rings is 3. The summed E-state index contributed by atoms with van der Waals surface area (Å²) in [4.78, 5) is 2.54. The van der Waals surface area contributed by atoms with E-state index in [-0.39, 0.29) is 6.23 Å². The van der Waals surface area contributed by atoms with Crippen molar-refractivity contribution in [2.45, 2.75) is 57.7 Å². The van der Waals surface area contributed by atoms with Crippen molar-refractivity contribution < 1.29 is 9.47 Å². The minimum atomic E-state index is -0.0639. The molecule has 1 aromatic heterocycles. The highest BCUT2D eigenvalue weighted by atomic mass is 16.5. The Kier molecular flexibility index (Phi) is 6.82. The maximum atomic E-state index is 9.51. The van der Waals surface area contributed by atoms with E-state index in [9.17, 15) is 5.26 Å². The number of nitriles is 1. The van der Waals surface area contributed by atoms with E-state index in [0.717, 1.165) is 71.1 Å². The Balaban J connectivity index is 1.26. The van der Waals surface area contributed by atoms with Crippen LogP contribution in [0.25, 0.3) is 32.9 Å². The molecule has 6 heteroatoms. The van der Waals surface area contributed by atoms with Gasteiger partial charge in [-0.3, -0.25) is 4.90 Å². The van der Waals surface area contributed by atoms with Crippen molar-refractivity contribution in [1.29, 1.82) is 5.26 Å². The number of piperidine rings is 1. The summed E-state index contributed by atoms with van der Waals surface area (Å²) in [5.41, 5.74) is 3.57. The fourth-order valence-electron chi connectivity index (χ4n) is 5.79. The summed E-state index contributed by atoms with van der Waals surface area (Å²) in [6.07, 6.45) is 7.04. The third-order valence-electron chi connectivity index (χ3n) is 7.94. The Morgan fingerprint density at radius 1 is 1.00 bits per heavy atom. The number of hydrogen-bond acceptors (Lipinski definition) is 5. The lowest BCUT2D eigenvalue weighted by Crippen LogP contribution is -2.39. The molecule has 0 aliphatic carbocycles. The number of ether oxygens (including phenoxy) is 2. The lowest BCUT2D eigenvalue weighted by molar-refractivity contribution is -0.0365. The number of fused-ring (bicyclic) bond motifs is 2. The van der Waals surface area contributed by atoms with Crippen molar-refractivity contribution in [2.24, 2.45) is 0 Å². The zero-order valence-electron chi connectivity index (χ0n) is 21.5. The lowest BCUT2D eigenvalue weighted by Gasteiger charge is -2.33. The molecule has 0 amide bonds. The van der Waals surface area contributed by atoms with Gasteiger partial charge in [-0.25, -0.2) is 4.68 Å². The number of hydrogen-bond donors (Lipinski definition) is 0. The first kappa shape index (κ1) is 24.0. The smallest absolute Gasteiger partial charge is 0.150 e. The number of aromatic nitrogens is 2. The maximum Gasteiger partial charge on any atom is 0.150 e. The fourth-order valence-corrected chi connectivity index (χ4v) is 5.79. The van der Waals surface area contributed by atoms with Crippen LogP contribution in [0.3, 0.4) is 0 Å². The SMILES string of the molecule is C[C@H]1CCCCN1CCOc1ccc2cc(-c3nn(C4CCCCO4)c4ccc(C#N)cc34)ccc2c1. The normalized spacial score (nSPS) is 20.8. The summed E-state index contributed by atoms with van der Waals surface area (Å²) in [5, 5.41) is 17.8. The van der Waals surface area contributed by atoms with E-state index in [4.69, 9.17) is 14.6 Å². The number of rotatable bonds is 6. The molecule has 190 valence electrons. The van der Waals surface area contributed by atoms with Crippen molar-refractivity contribution in [3.05, 3.63) is 60.2 Å². The van der Waals surface area contributed by atoms with Gasteiger partial charge in [0.1, 0.15) is 18.1 Å². The predicted molar refractivity (Wildman–Crippen MR) is 147 cm³/mol. The van der Waals surface area contributed by atoms with Crippen molar-refractivity contribution >= 4 is 21.7 Å². The van der Waals surface area contributed by atoms with Gasteiger partial charge in [0.25, 0.3) is 0 Å². The van der Waals surface area contributed by atoms with E-state index in [2.05, 4.69) is 54.3 Å². The molecule has 3 aromatic carbocycles. The van der Waals surface area contributed by atoms with Gasteiger partial charge in [-0.1, -0.05) is 24.6 Å². The van der Waals surface area contributed by atoms with Crippen LogP contribution in [0.2, 0.25) is 0 Å². The first-order valence-electron chi connectivity index (χ1n) is 13.6. The maximum absolute atomic E-state index is 9.51. The van der Waals surface area contributed by atoms with Crippen molar-refractivity contribution in [3.63, 3.8) is 0 Å². The minimum absolute atomic E-state index is 0.0639. The van der Waals surface area contributed by atoms with Crippen LogP contribution in [0.15, 0.2) is 54.6 Å². The first-order chi connectivity index (χ1) is 18.2. The molecule has 0 spiro atoms. The Morgan fingerprint density at radius 3 is 2.70 bits per heavy atom. The summed E-state index contributed by atoms with van der Waals surface area (Å²) in [7, 11) is 0. The topological polar surface area (TPSA) is 63.3 Å². The van der Waals surface area contributed by atoms with Gasteiger partial charge in [0.2, 0.25) is 0 Å². The molecule has 0 bridgehead atoms. The molecular formula is C31H34N4O2. The summed E-state index contributed by atoms with van der Waals surface area (Å²) < 4.78 is 14.2. The minimum Gasteiger partial charge on any atom is -0.492 e. The highest BCUT2D eigenvalue weighted by Gasteiger charge is 2.22. The van der Waals surface area contributed by atoms with Crippen molar-refractivity contribution in [2.75, 3.05) is 26.3 Å². The second-order valence-corrected chi connectivity index (χ2v) is 10.4. The average Bonchev–Trinajstić information content (AvgIpc) is 3.33. The fraction of sp³-hybridized carbons (Fsp3) is 0.419. The Morgan fingerprint density at radius 2 is 1.86 bits per heavy atom. The number of nitrogens with zero attached hydrogens (tertiary/aromatic N) is 4. The second-order valence-electron chi connectivity index (χ2n) is 10.4. The zero-order chi connectivity index (χ0) is 25.2. The highest BCUT2D eigenvalue weighted by molar-refractivity contribution is 5.97. The molecule has 1 unspecified atom stereocenters. The molecule has 37 heavy (non-hydrogen) atoms. The Bertz CT molecular complexity index is 1450. The van der Waals surface area contributed by atoms with Crippen LogP contribution < -0.4 is 4.74 Å². The molecule has 3 heterocycles. The summed E-state index contributed by atoms with van der Waals surface area (Å²) in [6.45, 7) is 5.95. The summed E-state index contributed by atoms with van der Waals surface area (Å²) in [6, 6.07) is 21.5. The Labute approximate surface area is 218 Å². The quantitative estimate of drug-likeness (QED) is 0.299. The van der Waals surface area contributed by atoms with E-state index < -0.39 is 0 Å².